The molecule has 5 rings (SSSR count). The summed E-state index contributed by atoms with van der Waals surface area (Å²) in [5.41, 5.74) is 3.50. The van der Waals surface area contributed by atoms with Crippen molar-refractivity contribution >= 4 is 0 Å². The van der Waals surface area contributed by atoms with Gasteiger partial charge in [-0.05, 0) is 86.8 Å². The molecule has 1 fully saturated rings. The third-order valence-electron chi connectivity index (χ3n) is 8.70. The first-order valence-corrected chi connectivity index (χ1v) is 15.7. The Labute approximate surface area is 241 Å². The largest absolute Gasteiger partial charge is 0.508 e. The molecule has 0 saturated carbocycles. The normalized spacial score (nSPS) is 18.8. The van der Waals surface area contributed by atoms with Crippen molar-refractivity contribution < 1.29 is 14.6 Å². The zero-order chi connectivity index (χ0) is 27.4. The number of hydrogen-bond acceptors (Lipinski definition) is 4. The Kier molecular flexibility index (Phi) is 10.8. The van der Waals surface area contributed by atoms with Crippen LogP contribution in [0.4, 0.5) is 0 Å². The standard InChI is InChI=1S/C36H47NO3/c38-31-19-22-35-33(27-31)36(34(28-40-35)29-15-9-8-10-16-29)30-17-20-32(21-18-30)39-26-14-7-5-3-1-2-4-6-11-23-37-24-12-13-25-37/h8-10,15-22,27,34,36,38H,1-7,11-14,23-26,28H2/t34-,36+/m0/s1. The van der Waals surface area contributed by atoms with Gasteiger partial charge in [0.2, 0.25) is 0 Å². The summed E-state index contributed by atoms with van der Waals surface area (Å²) in [7, 11) is 0. The summed E-state index contributed by atoms with van der Waals surface area (Å²) in [6, 6.07) is 24.5. The maximum absolute atomic E-state index is 10.2. The van der Waals surface area contributed by atoms with Gasteiger partial charge < -0.3 is 19.5 Å². The highest BCUT2D eigenvalue weighted by Gasteiger charge is 2.33. The van der Waals surface area contributed by atoms with E-state index in [2.05, 4.69) is 53.4 Å². The van der Waals surface area contributed by atoms with Gasteiger partial charge in [-0.3, -0.25) is 0 Å². The summed E-state index contributed by atoms with van der Waals surface area (Å²) >= 11 is 0. The van der Waals surface area contributed by atoms with Crippen LogP contribution < -0.4 is 9.47 Å². The lowest BCUT2D eigenvalue weighted by molar-refractivity contribution is 0.248. The SMILES string of the molecule is Oc1ccc2c(c1)[C@@H](c1ccc(OCCCCCCCCCCCN3CCCC3)cc1)[C@H](c1ccccc1)CO2. The molecule has 2 atom stereocenters. The summed E-state index contributed by atoms with van der Waals surface area (Å²) in [5.74, 6) is 2.34. The van der Waals surface area contributed by atoms with Gasteiger partial charge in [0.1, 0.15) is 17.2 Å². The van der Waals surface area contributed by atoms with Crippen LogP contribution in [0.5, 0.6) is 17.2 Å². The van der Waals surface area contributed by atoms with E-state index in [-0.39, 0.29) is 17.6 Å². The number of unbranched alkanes of at least 4 members (excludes halogenated alkanes) is 8. The third kappa shape index (κ3) is 8.04. The molecule has 4 nitrogen and oxygen atoms in total. The minimum atomic E-state index is 0.109. The number of nitrogens with zero attached hydrogens (tertiary/aromatic N) is 1. The van der Waals surface area contributed by atoms with Gasteiger partial charge in [0.15, 0.2) is 0 Å². The van der Waals surface area contributed by atoms with Gasteiger partial charge in [0.25, 0.3) is 0 Å². The van der Waals surface area contributed by atoms with E-state index in [1.165, 1.54) is 95.0 Å². The topological polar surface area (TPSA) is 41.9 Å². The molecule has 2 aliphatic heterocycles. The van der Waals surface area contributed by atoms with Crippen LogP contribution in [0.2, 0.25) is 0 Å². The number of fused-ring (bicyclic) bond motifs is 1. The molecule has 214 valence electrons. The molecular formula is C36H47NO3. The van der Waals surface area contributed by atoms with Gasteiger partial charge in [-0.2, -0.15) is 0 Å². The summed E-state index contributed by atoms with van der Waals surface area (Å²) in [5, 5.41) is 10.2. The molecular weight excluding hydrogens is 494 g/mol. The van der Waals surface area contributed by atoms with Crippen molar-refractivity contribution in [2.45, 2.75) is 82.5 Å². The predicted molar refractivity (Wildman–Crippen MR) is 164 cm³/mol. The average molecular weight is 542 g/mol. The van der Waals surface area contributed by atoms with E-state index in [1.54, 1.807) is 6.07 Å². The zero-order valence-corrected chi connectivity index (χ0v) is 24.1. The van der Waals surface area contributed by atoms with Crippen LogP contribution in [0.3, 0.4) is 0 Å². The Morgan fingerprint density at radius 3 is 2.12 bits per heavy atom. The molecule has 1 saturated heterocycles. The van der Waals surface area contributed by atoms with Crippen molar-refractivity contribution in [3.05, 3.63) is 89.5 Å². The highest BCUT2D eigenvalue weighted by atomic mass is 16.5. The molecule has 0 aromatic heterocycles. The van der Waals surface area contributed by atoms with Gasteiger partial charge in [-0.1, -0.05) is 87.4 Å². The molecule has 3 aromatic carbocycles. The second kappa shape index (κ2) is 15.1. The van der Waals surface area contributed by atoms with Crippen LogP contribution in [-0.2, 0) is 0 Å². The molecule has 4 heteroatoms. The first-order chi connectivity index (χ1) is 19.8. The molecule has 40 heavy (non-hydrogen) atoms. The predicted octanol–water partition coefficient (Wildman–Crippen LogP) is 8.69. The number of benzene rings is 3. The smallest absolute Gasteiger partial charge is 0.123 e. The molecule has 1 N–H and O–H groups in total. The van der Waals surface area contributed by atoms with Crippen molar-refractivity contribution in [3.8, 4) is 17.2 Å². The minimum Gasteiger partial charge on any atom is -0.508 e. The van der Waals surface area contributed by atoms with Crippen LogP contribution in [0, 0.1) is 0 Å². The number of phenolic OH excluding ortho intramolecular Hbond substituents is 1. The fourth-order valence-corrected chi connectivity index (χ4v) is 6.45. The first kappa shape index (κ1) is 28.5. The number of phenols is 1. The van der Waals surface area contributed by atoms with Crippen molar-refractivity contribution in [1.82, 2.24) is 4.90 Å². The summed E-state index contributed by atoms with van der Waals surface area (Å²) < 4.78 is 12.2. The van der Waals surface area contributed by atoms with Crippen LogP contribution >= 0.6 is 0 Å². The number of hydrogen-bond donors (Lipinski definition) is 1. The van der Waals surface area contributed by atoms with E-state index < -0.39 is 0 Å². The van der Waals surface area contributed by atoms with E-state index in [0.29, 0.717) is 6.61 Å². The van der Waals surface area contributed by atoms with Crippen molar-refractivity contribution in [3.63, 3.8) is 0 Å². The monoisotopic (exact) mass is 541 g/mol. The van der Waals surface area contributed by atoms with Crippen molar-refractivity contribution in [2.24, 2.45) is 0 Å². The Morgan fingerprint density at radius 1 is 0.725 bits per heavy atom. The highest BCUT2D eigenvalue weighted by molar-refractivity contribution is 5.51. The van der Waals surface area contributed by atoms with E-state index in [4.69, 9.17) is 9.47 Å². The van der Waals surface area contributed by atoms with Crippen LogP contribution in [0.25, 0.3) is 0 Å². The number of ether oxygens (including phenoxy) is 2. The molecule has 0 bridgehead atoms. The number of aromatic hydroxyl groups is 1. The van der Waals surface area contributed by atoms with E-state index >= 15 is 0 Å². The van der Waals surface area contributed by atoms with Crippen LogP contribution in [-0.4, -0.2) is 42.9 Å². The van der Waals surface area contributed by atoms with Crippen molar-refractivity contribution in [1.29, 1.82) is 0 Å². The van der Waals surface area contributed by atoms with Crippen LogP contribution in [0.15, 0.2) is 72.8 Å². The van der Waals surface area contributed by atoms with Gasteiger partial charge in [-0.25, -0.2) is 0 Å². The Bertz CT molecular complexity index is 1140. The molecule has 0 spiro atoms. The minimum absolute atomic E-state index is 0.109. The second-order valence-corrected chi connectivity index (χ2v) is 11.7. The highest BCUT2D eigenvalue weighted by Crippen LogP contribution is 2.47. The lowest BCUT2D eigenvalue weighted by Crippen LogP contribution is -2.25. The van der Waals surface area contributed by atoms with Crippen molar-refractivity contribution in [2.75, 3.05) is 32.8 Å². The summed E-state index contributed by atoms with van der Waals surface area (Å²) in [4.78, 5) is 2.63. The lowest BCUT2D eigenvalue weighted by Gasteiger charge is -2.34. The molecule has 2 aliphatic rings. The van der Waals surface area contributed by atoms with Gasteiger partial charge in [0, 0.05) is 17.4 Å². The lowest BCUT2D eigenvalue weighted by atomic mass is 9.76. The molecule has 0 unspecified atom stereocenters. The summed E-state index contributed by atoms with van der Waals surface area (Å²) in [6.07, 6.45) is 14.8. The van der Waals surface area contributed by atoms with Gasteiger partial charge in [-0.15, -0.1) is 0 Å². The Hall–Kier alpha value is -2.98. The van der Waals surface area contributed by atoms with Gasteiger partial charge in [0.05, 0.1) is 13.2 Å². The fraction of sp³-hybridized carbons (Fsp3) is 0.500. The zero-order valence-electron chi connectivity index (χ0n) is 24.1. The molecule has 0 amide bonds. The van der Waals surface area contributed by atoms with E-state index in [0.717, 1.165) is 30.1 Å². The maximum Gasteiger partial charge on any atom is 0.123 e. The number of likely N-dealkylation sites (tertiary alicyclic amines) is 1. The first-order valence-electron chi connectivity index (χ1n) is 15.7. The molecule has 0 aliphatic carbocycles. The average Bonchev–Trinajstić information content (AvgIpc) is 3.51. The quantitative estimate of drug-likeness (QED) is 0.195. The Morgan fingerprint density at radius 2 is 1.40 bits per heavy atom. The number of rotatable bonds is 15. The Balaban J connectivity index is 1.03. The molecule has 0 radical (unpaired) electrons. The maximum atomic E-state index is 10.2. The second-order valence-electron chi connectivity index (χ2n) is 11.7. The summed E-state index contributed by atoms with van der Waals surface area (Å²) in [6.45, 7) is 5.38. The molecule has 3 aromatic rings. The van der Waals surface area contributed by atoms with E-state index in [9.17, 15) is 5.11 Å². The fourth-order valence-electron chi connectivity index (χ4n) is 6.45. The molecule has 2 heterocycles. The third-order valence-corrected chi connectivity index (χ3v) is 8.70. The van der Waals surface area contributed by atoms with E-state index in [1.807, 2.05) is 18.2 Å². The van der Waals surface area contributed by atoms with Crippen LogP contribution in [0.1, 0.15) is 99.2 Å². The van der Waals surface area contributed by atoms with Gasteiger partial charge >= 0.3 is 0 Å².